The maximum Gasteiger partial charge on any atom is 0.261 e. The summed E-state index contributed by atoms with van der Waals surface area (Å²) in [7, 11) is 1.56. The van der Waals surface area contributed by atoms with Gasteiger partial charge in [-0.05, 0) is 44.4 Å². The minimum absolute atomic E-state index is 0.120. The van der Waals surface area contributed by atoms with E-state index in [-0.39, 0.29) is 24.5 Å². The van der Waals surface area contributed by atoms with Gasteiger partial charge >= 0.3 is 0 Å². The molecular formula is C25H32N2O4. The van der Waals surface area contributed by atoms with E-state index in [0.717, 1.165) is 36.8 Å². The molecule has 6 nitrogen and oxygen atoms in total. The molecule has 1 atom stereocenters. The molecule has 1 N–H and O–H groups in total. The number of rotatable bonds is 9. The second kappa shape index (κ2) is 10.8. The molecule has 0 unspecified atom stereocenters. The normalized spacial score (nSPS) is 14.7. The van der Waals surface area contributed by atoms with Gasteiger partial charge in [0.2, 0.25) is 5.91 Å². The number of hydrogen-bond donors (Lipinski definition) is 1. The Hall–Kier alpha value is -3.02. The molecule has 2 amide bonds. The maximum absolute atomic E-state index is 13.2. The van der Waals surface area contributed by atoms with Gasteiger partial charge in [-0.15, -0.1) is 0 Å². The zero-order valence-electron chi connectivity index (χ0n) is 18.6. The summed E-state index contributed by atoms with van der Waals surface area (Å²) in [6.07, 6.45) is 4.28. The standard InChI is InChI=1S/C25H32N2O4/c1-18-9-8-10-20(15-18)16-27(19(2)25(29)26-21-11-4-5-12-21)24(28)17-31-23-14-7-6-13-22(23)30-3/h6-10,13-15,19,21H,4-5,11-12,16-17H2,1-3H3,(H,26,29)/t19-/m0/s1. The average molecular weight is 425 g/mol. The summed E-state index contributed by atoms with van der Waals surface area (Å²) in [6, 6.07) is 14.8. The first-order valence-corrected chi connectivity index (χ1v) is 10.9. The molecule has 2 aromatic carbocycles. The lowest BCUT2D eigenvalue weighted by molar-refractivity contribution is -0.142. The molecule has 0 radical (unpaired) electrons. The van der Waals surface area contributed by atoms with Gasteiger partial charge in [-0.2, -0.15) is 0 Å². The van der Waals surface area contributed by atoms with Crippen molar-refractivity contribution in [2.75, 3.05) is 13.7 Å². The van der Waals surface area contributed by atoms with Gasteiger partial charge in [0.15, 0.2) is 18.1 Å². The van der Waals surface area contributed by atoms with Crippen molar-refractivity contribution >= 4 is 11.8 Å². The fourth-order valence-electron chi connectivity index (χ4n) is 3.94. The number of hydrogen-bond acceptors (Lipinski definition) is 4. The van der Waals surface area contributed by atoms with Crippen LogP contribution in [0.1, 0.15) is 43.7 Å². The van der Waals surface area contributed by atoms with Crippen molar-refractivity contribution in [2.24, 2.45) is 0 Å². The van der Waals surface area contributed by atoms with E-state index in [1.807, 2.05) is 43.3 Å². The Labute approximate surface area is 184 Å². The molecule has 2 aromatic rings. The van der Waals surface area contributed by atoms with Crippen molar-refractivity contribution < 1.29 is 19.1 Å². The van der Waals surface area contributed by atoms with Crippen LogP contribution in [0.2, 0.25) is 0 Å². The maximum atomic E-state index is 13.2. The Kier molecular flexibility index (Phi) is 7.93. The van der Waals surface area contributed by atoms with Crippen LogP contribution < -0.4 is 14.8 Å². The molecule has 1 aliphatic carbocycles. The third-order valence-electron chi connectivity index (χ3n) is 5.72. The van der Waals surface area contributed by atoms with Crippen LogP contribution in [0.5, 0.6) is 11.5 Å². The van der Waals surface area contributed by atoms with Crippen LogP contribution in [0.25, 0.3) is 0 Å². The van der Waals surface area contributed by atoms with Crippen LogP contribution in [0.4, 0.5) is 0 Å². The molecule has 1 fully saturated rings. The van der Waals surface area contributed by atoms with Gasteiger partial charge in [0.25, 0.3) is 5.91 Å². The molecule has 0 heterocycles. The molecule has 1 aliphatic rings. The van der Waals surface area contributed by atoms with Crippen molar-refractivity contribution in [1.29, 1.82) is 0 Å². The molecular weight excluding hydrogens is 392 g/mol. The molecule has 166 valence electrons. The van der Waals surface area contributed by atoms with Crippen LogP contribution in [0.15, 0.2) is 48.5 Å². The molecule has 0 saturated heterocycles. The zero-order valence-corrected chi connectivity index (χ0v) is 18.6. The molecule has 0 bridgehead atoms. The molecule has 31 heavy (non-hydrogen) atoms. The minimum Gasteiger partial charge on any atom is -0.493 e. The molecule has 0 aromatic heterocycles. The Bertz CT molecular complexity index is 893. The van der Waals surface area contributed by atoms with Crippen LogP contribution in [0, 0.1) is 6.92 Å². The first-order chi connectivity index (χ1) is 15.0. The second-order valence-electron chi connectivity index (χ2n) is 8.12. The highest BCUT2D eigenvalue weighted by atomic mass is 16.5. The first kappa shape index (κ1) is 22.7. The number of aryl methyl sites for hydroxylation is 1. The van der Waals surface area contributed by atoms with Gasteiger partial charge in [-0.3, -0.25) is 9.59 Å². The van der Waals surface area contributed by atoms with E-state index in [2.05, 4.69) is 5.32 Å². The third-order valence-corrected chi connectivity index (χ3v) is 5.72. The summed E-state index contributed by atoms with van der Waals surface area (Å²) in [5.74, 6) is 0.691. The molecule has 6 heteroatoms. The van der Waals surface area contributed by atoms with Crippen LogP contribution in [0.3, 0.4) is 0 Å². The fraction of sp³-hybridized carbons (Fsp3) is 0.440. The van der Waals surface area contributed by atoms with Crippen LogP contribution >= 0.6 is 0 Å². The van der Waals surface area contributed by atoms with Gasteiger partial charge in [0, 0.05) is 12.6 Å². The lowest BCUT2D eigenvalue weighted by atomic mass is 10.1. The summed E-state index contributed by atoms with van der Waals surface area (Å²) < 4.78 is 11.0. The van der Waals surface area contributed by atoms with E-state index in [4.69, 9.17) is 9.47 Å². The van der Waals surface area contributed by atoms with E-state index < -0.39 is 6.04 Å². The van der Waals surface area contributed by atoms with E-state index in [1.54, 1.807) is 31.1 Å². The largest absolute Gasteiger partial charge is 0.493 e. The van der Waals surface area contributed by atoms with E-state index in [9.17, 15) is 9.59 Å². The smallest absolute Gasteiger partial charge is 0.261 e. The van der Waals surface area contributed by atoms with E-state index in [0.29, 0.717) is 18.0 Å². The number of nitrogens with zero attached hydrogens (tertiary/aromatic N) is 1. The number of carbonyl (C=O) groups excluding carboxylic acids is 2. The van der Waals surface area contributed by atoms with Gasteiger partial charge in [0.1, 0.15) is 6.04 Å². The zero-order chi connectivity index (χ0) is 22.2. The second-order valence-corrected chi connectivity index (χ2v) is 8.12. The predicted molar refractivity (Wildman–Crippen MR) is 120 cm³/mol. The topological polar surface area (TPSA) is 67.9 Å². The van der Waals surface area contributed by atoms with Crippen molar-refractivity contribution in [1.82, 2.24) is 10.2 Å². The molecule has 0 aliphatic heterocycles. The highest BCUT2D eigenvalue weighted by molar-refractivity contribution is 5.88. The van der Waals surface area contributed by atoms with Crippen LogP contribution in [-0.2, 0) is 16.1 Å². The average Bonchev–Trinajstić information content (AvgIpc) is 3.28. The quantitative estimate of drug-likeness (QED) is 0.664. The Morgan fingerprint density at radius 2 is 1.81 bits per heavy atom. The van der Waals surface area contributed by atoms with Crippen molar-refractivity contribution in [2.45, 2.75) is 58.2 Å². The summed E-state index contributed by atoms with van der Waals surface area (Å²) in [5, 5.41) is 3.11. The lowest BCUT2D eigenvalue weighted by Crippen LogP contribution is -2.50. The summed E-state index contributed by atoms with van der Waals surface area (Å²) in [6.45, 7) is 3.96. The fourth-order valence-corrected chi connectivity index (χ4v) is 3.94. The summed E-state index contributed by atoms with van der Waals surface area (Å²) in [5.41, 5.74) is 2.09. The predicted octanol–water partition coefficient (Wildman–Crippen LogP) is 3.86. The van der Waals surface area contributed by atoms with Crippen molar-refractivity contribution in [3.8, 4) is 11.5 Å². The highest BCUT2D eigenvalue weighted by Crippen LogP contribution is 2.26. The van der Waals surface area contributed by atoms with Gasteiger partial charge in [0.05, 0.1) is 7.11 Å². The summed E-state index contributed by atoms with van der Waals surface area (Å²) in [4.78, 5) is 27.7. The monoisotopic (exact) mass is 424 g/mol. The minimum atomic E-state index is -0.602. The Morgan fingerprint density at radius 1 is 1.10 bits per heavy atom. The number of para-hydroxylation sites is 2. The number of carbonyl (C=O) groups is 2. The Balaban J connectivity index is 1.73. The van der Waals surface area contributed by atoms with E-state index in [1.165, 1.54) is 0 Å². The number of ether oxygens (including phenoxy) is 2. The van der Waals surface area contributed by atoms with Crippen LogP contribution in [-0.4, -0.2) is 42.5 Å². The molecule has 0 spiro atoms. The van der Waals surface area contributed by atoms with Crippen molar-refractivity contribution in [3.63, 3.8) is 0 Å². The van der Waals surface area contributed by atoms with Gasteiger partial charge < -0.3 is 19.7 Å². The number of nitrogens with one attached hydrogen (secondary N) is 1. The van der Waals surface area contributed by atoms with Gasteiger partial charge in [-0.25, -0.2) is 0 Å². The van der Waals surface area contributed by atoms with Gasteiger partial charge in [-0.1, -0.05) is 54.8 Å². The number of benzene rings is 2. The number of methoxy groups -OCH3 is 1. The Morgan fingerprint density at radius 3 is 2.48 bits per heavy atom. The first-order valence-electron chi connectivity index (χ1n) is 10.9. The lowest BCUT2D eigenvalue weighted by Gasteiger charge is -2.30. The highest BCUT2D eigenvalue weighted by Gasteiger charge is 2.29. The molecule has 3 rings (SSSR count). The third kappa shape index (κ3) is 6.23. The van der Waals surface area contributed by atoms with E-state index >= 15 is 0 Å². The number of amides is 2. The summed E-state index contributed by atoms with van der Waals surface area (Å²) >= 11 is 0. The molecule has 1 saturated carbocycles. The SMILES string of the molecule is COc1ccccc1OCC(=O)N(Cc1cccc(C)c1)[C@@H](C)C(=O)NC1CCCC1. The van der Waals surface area contributed by atoms with Crippen molar-refractivity contribution in [3.05, 3.63) is 59.7 Å².